The van der Waals surface area contributed by atoms with E-state index in [0.29, 0.717) is 21.9 Å². The van der Waals surface area contributed by atoms with Crippen LogP contribution < -0.4 is 11.1 Å². The third-order valence-electron chi connectivity index (χ3n) is 5.31. The Hall–Kier alpha value is -3.64. The highest BCUT2D eigenvalue weighted by Crippen LogP contribution is 2.38. The van der Waals surface area contributed by atoms with Crippen molar-refractivity contribution in [3.63, 3.8) is 0 Å². The van der Waals surface area contributed by atoms with Gasteiger partial charge < -0.3 is 13.9 Å². The third-order valence-corrected chi connectivity index (χ3v) is 5.80. The average molecular weight is 475 g/mol. The largest absolute Gasteiger partial charge is 0.507 e. The lowest BCUT2D eigenvalue weighted by molar-refractivity contribution is 0.454. The Morgan fingerprint density at radius 1 is 0.839 bits per heavy atom. The molecule has 0 radical (unpaired) electrons. The molecule has 0 aliphatic rings. The second-order valence-electron chi connectivity index (χ2n) is 7.15. The number of benzene rings is 3. The van der Waals surface area contributed by atoms with Gasteiger partial charge >= 0.3 is 5.63 Å². The van der Waals surface area contributed by atoms with Crippen molar-refractivity contribution in [2.24, 2.45) is 0 Å². The summed E-state index contributed by atoms with van der Waals surface area (Å²) in [5, 5.41) is 11.9. The molecule has 0 aliphatic heterocycles. The molecule has 0 aliphatic carbocycles. The number of hydrogen-bond donors (Lipinski definition) is 1. The van der Waals surface area contributed by atoms with Gasteiger partial charge in [0, 0.05) is 10.0 Å². The smallest absolute Gasteiger partial charge is 0.344 e. The number of rotatable bonds is 3. The Morgan fingerprint density at radius 2 is 1.55 bits per heavy atom. The van der Waals surface area contributed by atoms with Gasteiger partial charge in [-0.25, -0.2) is 4.79 Å². The SMILES string of the molecule is O=c1oc2ccccc2c(O)c1C(c1cccc(Br)c1)c1coc2ccccc2c1=O. The summed E-state index contributed by atoms with van der Waals surface area (Å²) in [4.78, 5) is 26.4. The van der Waals surface area contributed by atoms with Gasteiger partial charge in [-0.3, -0.25) is 4.79 Å². The van der Waals surface area contributed by atoms with Crippen molar-refractivity contribution in [1.29, 1.82) is 0 Å². The Labute approximate surface area is 184 Å². The minimum atomic E-state index is -0.890. The van der Waals surface area contributed by atoms with Crippen LogP contribution in [0.4, 0.5) is 0 Å². The molecule has 1 atom stereocenters. The summed E-state index contributed by atoms with van der Waals surface area (Å²) in [6, 6.07) is 20.9. The highest BCUT2D eigenvalue weighted by Gasteiger charge is 2.29. The molecule has 0 amide bonds. The van der Waals surface area contributed by atoms with Gasteiger partial charge in [0.05, 0.1) is 28.5 Å². The van der Waals surface area contributed by atoms with Crippen molar-refractivity contribution in [2.75, 3.05) is 0 Å². The van der Waals surface area contributed by atoms with Gasteiger partial charge in [0.15, 0.2) is 5.43 Å². The molecule has 6 heteroatoms. The van der Waals surface area contributed by atoms with Gasteiger partial charge in [0.2, 0.25) is 0 Å². The Bertz CT molecular complexity index is 1560. The summed E-state index contributed by atoms with van der Waals surface area (Å²) < 4.78 is 12.0. The van der Waals surface area contributed by atoms with Crippen LogP contribution in [0, 0.1) is 0 Å². The molecule has 152 valence electrons. The van der Waals surface area contributed by atoms with Crippen LogP contribution in [0.1, 0.15) is 22.6 Å². The number of halogens is 1. The van der Waals surface area contributed by atoms with Crippen molar-refractivity contribution in [3.8, 4) is 5.75 Å². The average Bonchev–Trinajstić information content (AvgIpc) is 2.78. The molecule has 5 rings (SSSR count). The van der Waals surface area contributed by atoms with E-state index in [-0.39, 0.29) is 27.9 Å². The molecular weight excluding hydrogens is 460 g/mol. The molecule has 3 aromatic carbocycles. The van der Waals surface area contributed by atoms with Crippen LogP contribution in [-0.2, 0) is 0 Å². The van der Waals surface area contributed by atoms with Crippen LogP contribution in [0.3, 0.4) is 0 Å². The standard InChI is InChI=1S/C25H15BrO5/c26-15-7-5-6-14(12-15)21(18-13-30-19-10-3-1-8-16(19)23(18)27)22-24(28)17-9-2-4-11-20(17)31-25(22)29/h1-13,21,28H. The number of aromatic hydroxyl groups is 1. The van der Waals surface area contributed by atoms with E-state index in [1.165, 1.54) is 6.26 Å². The van der Waals surface area contributed by atoms with Crippen LogP contribution >= 0.6 is 15.9 Å². The third kappa shape index (κ3) is 3.25. The van der Waals surface area contributed by atoms with Gasteiger partial charge in [0.1, 0.15) is 16.9 Å². The fourth-order valence-electron chi connectivity index (χ4n) is 3.88. The van der Waals surface area contributed by atoms with Crippen LogP contribution in [-0.4, -0.2) is 5.11 Å². The summed E-state index contributed by atoms with van der Waals surface area (Å²) in [5.41, 5.74) is 0.572. The molecule has 0 spiro atoms. The zero-order valence-corrected chi connectivity index (χ0v) is 17.6. The molecule has 0 saturated heterocycles. The van der Waals surface area contributed by atoms with E-state index >= 15 is 0 Å². The molecule has 1 N–H and O–H groups in total. The molecule has 31 heavy (non-hydrogen) atoms. The molecular formula is C25H15BrO5. The lowest BCUT2D eigenvalue weighted by Gasteiger charge is -2.19. The van der Waals surface area contributed by atoms with Crippen LogP contribution in [0.2, 0.25) is 0 Å². The van der Waals surface area contributed by atoms with E-state index in [1.54, 1.807) is 66.7 Å². The van der Waals surface area contributed by atoms with Crippen molar-refractivity contribution in [2.45, 2.75) is 5.92 Å². The molecule has 5 nitrogen and oxygen atoms in total. The molecule has 2 heterocycles. The van der Waals surface area contributed by atoms with E-state index in [9.17, 15) is 14.7 Å². The van der Waals surface area contributed by atoms with Crippen molar-refractivity contribution < 1.29 is 13.9 Å². The summed E-state index contributed by atoms with van der Waals surface area (Å²) in [5.74, 6) is -1.11. The topological polar surface area (TPSA) is 80.7 Å². The lowest BCUT2D eigenvalue weighted by Crippen LogP contribution is -2.21. The first-order valence-electron chi connectivity index (χ1n) is 9.55. The van der Waals surface area contributed by atoms with E-state index < -0.39 is 11.5 Å². The predicted octanol–water partition coefficient (Wildman–Crippen LogP) is 5.55. The van der Waals surface area contributed by atoms with Crippen molar-refractivity contribution in [1.82, 2.24) is 0 Å². The maximum Gasteiger partial charge on any atom is 0.344 e. The predicted molar refractivity (Wildman–Crippen MR) is 122 cm³/mol. The quantitative estimate of drug-likeness (QED) is 0.346. The van der Waals surface area contributed by atoms with E-state index in [1.807, 2.05) is 6.07 Å². The summed E-state index contributed by atoms with van der Waals surface area (Å²) >= 11 is 3.45. The highest BCUT2D eigenvalue weighted by atomic mass is 79.9. The number of para-hydroxylation sites is 2. The van der Waals surface area contributed by atoms with Crippen LogP contribution in [0.25, 0.3) is 21.9 Å². The first-order chi connectivity index (χ1) is 15.0. The fraction of sp³-hybridized carbons (Fsp3) is 0.0400. The molecule has 0 fully saturated rings. The van der Waals surface area contributed by atoms with Gasteiger partial charge in [-0.1, -0.05) is 52.3 Å². The van der Waals surface area contributed by atoms with Gasteiger partial charge in [-0.15, -0.1) is 0 Å². The first kappa shape index (κ1) is 19.3. The molecule has 0 bridgehead atoms. The highest BCUT2D eigenvalue weighted by molar-refractivity contribution is 9.10. The minimum Gasteiger partial charge on any atom is -0.507 e. The van der Waals surface area contributed by atoms with E-state index in [4.69, 9.17) is 8.83 Å². The van der Waals surface area contributed by atoms with Crippen LogP contribution in [0.15, 0.2) is 102 Å². The summed E-state index contributed by atoms with van der Waals surface area (Å²) in [7, 11) is 0. The monoisotopic (exact) mass is 474 g/mol. The second-order valence-corrected chi connectivity index (χ2v) is 8.07. The molecule has 0 saturated carbocycles. The maximum absolute atomic E-state index is 13.4. The van der Waals surface area contributed by atoms with E-state index in [2.05, 4.69) is 15.9 Å². The van der Waals surface area contributed by atoms with Gasteiger partial charge in [0.25, 0.3) is 0 Å². The Morgan fingerprint density at radius 3 is 2.32 bits per heavy atom. The van der Waals surface area contributed by atoms with Crippen molar-refractivity contribution >= 4 is 37.9 Å². The minimum absolute atomic E-state index is 0.0145. The molecule has 1 unspecified atom stereocenters. The van der Waals surface area contributed by atoms with E-state index in [0.717, 1.165) is 4.47 Å². The van der Waals surface area contributed by atoms with Gasteiger partial charge in [-0.2, -0.15) is 0 Å². The first-order valence-corrected chi connectivity index (χ1v) is 10.3. The van der Waals surface area contributed by atoms with Gasteiger partial charge in [-0.05, 0) is 42.0 Å². The zero-order valence-electron chi connectivity index (χ0n) is 16.0. The normalized spacial score (nSPS) is 12.3. The number of hydrogen-bond acceptors (Lipinski definition) is 5. The Balaban J connectivity index is 1.88. The molecule has 5 aromatic rings. The fourth-order valence-corrected chi connectivity index (χ4v) is 4.30. The van der Waals surface area contributed by atoms with Crippen molar-refractivity contribution in [3.05, 3.63) is 121 Å². The summed E-state index contributed by atoms with van der Waals surface area (Å²) in [6.45, 7) is 0. The van der Waals surface area contributed by atoms with Crippen LogP contribution in [0.5, 0.6) is 5.75 Å². The lowest BCUT2D eigenvalue weighted by atomic mass is 9.85. The second kappa shape index (κ2) is 7.56. The zero-order chi connectivity index (χ0) is 21.5. The maximum atomic E-state index is 13.4. The molecule has 2 aromatic heterocycles. The summed E-state index contributed by atoms with van der Waals surface area (Å²) in [6.07, 6.45) is 1.35. The Kier molecular flexibility index (Phi) is 4.71. The number of fused-ring (bicyclic) bond motifs is 2.